The van der Waals surface area contributed by atoms with Crippen LogP contribution in [-0.4, -0.2) is 27.9 Å². The third kappa shape index (κ3) is 2.40. The minimum absolute atomic E-state index is 0.143. The van der Waals surface area contributed by atoms with Gasteiger partial charge in [0.25, 0.3) is 0 Å². The summed E-state index contributed by atoms with van der Waals surface area (Å²) in [4.78, 5) is 10.6. The number of carbonyl (C=O) groups is 1. The first kappa shape index (κ1) is 9.44. The minimum atomic E-state index is -1.13. The number of aromatic nitrogens is 2. The number of hydrogen-bond acceptors (Lipinski definition) is 4. The van der Waals surface area contributed by atoms with Gasteiger partial charge >= 0.3 is 5.97 Å². The average Bonchev–Trinajstić information content (AvgIpc) is 2.15. The Balaban J connectivity index is 2.84. The molecule has 1 rings (SSSR count). The normalized spacial score (nSPS) is 9.62. The van der Waals surface area contributed by atoms with Crippen LogP contribution < -0.4 is 4.74 Å². The van der Waals surface area contributed by atoms with Crippen LogP contribution in [0.15, 0.2) is 12.3 Å². The van der Waals surface area contributed by atoms with Crippen molar-refractivity contribution < 1.29 is 14.6 Å². The molecule has 5 heteroatoms. The molecule has 0 saturated carbocycles. The van der Waals surface area contributed by atoms with Crippen molar-refractivity contribution in [1.82, 2.24) is 10.2 Å². The molecule has 70 valence electrons. The second-order valence-corrected chi connectivity index (χ2v) is 2.40. The van der Waals surface area contributed by atoms with Crippen molar-refractivity contribution in [3.8, 4) is 5.75 Å². The van der Waals surface area contributed by atoms with Crippen LogP contribution >= 0.6 is 0 Å². The Hall–Kier alpha value is -1.65. The number of carboxylic acid groups (broad SMARTS) is 1. The molecule has 0 aliphatic heterocycles. The first-order valence-electron chi connectivity index (χ1n) is 3.93. The van der Waals surface area contributed by atoms with Gasteiger partial charge in [-0.3, -0.25) is 0 Å². The molecule has 1 N–H and O–H groups in total. The van der Waals surface area contributed by atoms with E-state index in [9.17, 15) is 4.79 Å². The van der Waals surface area contributed by atoms with Crippen molar-refractivity contribution in [2.45, 2.75) is 13.3 Å². The largest absolute Gasteiger partial charge is 0.491 e. The van der Waals surface area contributed by atoms with Crippen molar-refractivity contribution in [3.63, 3.8) is 0 Å². The lowest BCUT2D eigenvalue weighted by atomic mass is 10.3. The van der Waals surface area contributed by atoms with Crippen LogP contribution in [0, 0.1) is 0 Å². The number of hydrogen-bond donors (Lipinski definition) is 1. The van der Waals surface area contributed by atoms with Crippen LogP contribution in [0.3, 0.4) is 0 Å². The first-order chi connectivity index (χ1) is 6.25. The molecule has 0 bridgehead atoms. The maximum Gasteiger partial charge on any atom is 0.360 e. The molecular formula is C8H10N2O3. The maximum absolute atomic E-state index is 10.6. The molecule has 0 amide bonds. The molecule has 13 heavy (non-hydrogen) atoms. The van der Waals surface area contributed by atoms with Gasteiger partial charge in [-0.1, -0.05) is 6.92 Å². The summed E-state index contributed by atoms with van der Waals surface area (Å²) < 4.78 is 5.16. The molecule has 0 saturated heterocycles. The van der Waals surface area contributed by atoms with Crippen molar-refractivity contribution in [1.29, 1.82) is 0 Å². The van der Waals surface area contributed by atoms with Crippen LogP contribution in [0.1, 0.15) is 23.8 Å². The fraction of sp³-hybridized carbons (Fsp3) is 0.375. The van der Waals surface area contributed by atoms with Crippen molar-refractivity contribution >= 4 is 5.97 Å². The Labute approximate surface area is 75.4 Å². The van der Waals surface area contributed by atoms with Crippen molar-refractivity contribution in [2.75, 3.05) is 6.61 Å². The molecule has 1 aromatic heterocycles. The molecule has 0 aliphatic rings. The van der Waals surface area contributed by atoms with Gasteiger partial charge in [0.2, 0.25) is 5.69 Å². The highest BCUT2D eigenvalue weighted by molar-refractivity contribution is 5.88. The fourth-order valence-corrected chi connectivity index (χ4v) is 0.797. The maximum atomic E-state index is 10.6. The van der Waals surface area contributed by atoms with Crippen LogP contribution in [0.25, 0.3) is 0 Å². The zero-order valence-corrected chi connectivity index (χ0v) is 7.23. The molecule has 0 fully saturated rings. The summed E-state index contributed by atoms with van der Waals surface area (Å²) in [5, 5.41) is 15.6. The molecule has 1 heterocycles. The highest BCUT2D eigenvalue weighted by Gasteiger charge is 2.12. The van der Waals surface area contributed by atoms with E-state index in [1.54, 1.807) is 0 Å². The Morgan fingerprint density at radius 1 is 1.69 bits per heavy atom. The summed E-state index contributed by atoms with van der Waals surface area (Å²) in [6, 6.07) is 1.49. The highest BCUT2D eigenvalue weighted by atomic mass is 16.5. The monoisotopic (exact) mass is 182 g/mol. The van der Waals surface area contributed by atoms with E-state index in [1.807, 2.05) is 6.92 Å². The summed E-state index contributed by atoms with van der Waals surface area (Å²) in [7, 11) is 0. The molecule has 0 unspecified atom stereocenters. The SMILES string of the molecule is CCCOc1ccnnc1C(=O)O. The van der Waals surface area contributed by atoms with E-state index in [4.69, 9.17) is 9.84 Å². The Kier molecular flexibility index (Phi) is 3.19. The van der Waals surface area contributed by atoms with E-state index in [0.29, 0.717) is 6.61 Å². The fourth-order valence-electron chi connectivity index (χ4n) is 0.797. The van der Waals surface area contributed by atoms with Gasteiger partial charge in [0.15, 0.2) is 5.75 Å². The summed E-state index contributed by atoms with van der Waals surface area (Å²) in [6.45, 7) is 2.42. The van der Waals surface area contributed by atoms with Crippen molar-refractivity contribution in [2.24, 2.45) is 0 Å². The van der Waals surface area contributed by atoms with Gasteiger partial charge in [-0.2, -0.15) is 5.10 Å². The van der Waals surface area contributed by atoms with E-state index in [2.05, 4.69) is 10.2 Å². The predicted molar refractivity (Wildman–Crippen MR) is 44.8 cm³/mol. The Morgan fingerprint density at radius 3 is 3.08 bits per heavy atom. The number of ether oxygens (including phenoxy) is 1. The lowest BCUT2D eigenvalue weighted by Crippen LogP contribution is -2.07. The zero-order chi connectivity index (χ0) is 9.68. The molecule has 0 aromatic carbocycles. The van der Waals surface area contributed by atoms with Gasteiger partial charge in [-0.15, -0.1) is 5.10 Å². The number of rotatable bonds is 4. The minimum Gasteiger partial charge on any atom is -0.491 e. The molecule has 0 aliphatic carbocycles. The second kappa shape index (κ2) is 4.39. The third-order valence-electron chi connectivity index (χ3n) is 1.35. The average molecular weight is 182 g/mol. The number of carboxylic acids is 1. The number of aromatic carboxylic acids is 1. The Morgan fingerprint density at radius 2 is 2.46 bits per heavy atom. The quantitative estimate of drug-likeness (QED) is 0.750. The molecule has 0 atom stereocenters. The third-order valence-corrected chi connectivity index (χ3v) is 1.35. The summed E-state index contributed by atoms with van der Waals surface area (Å²) in [5.41, 5.74) is -0.143. The van der Waals surface area contributed by atoms with E-state index in [-0.39, 0.29) is 11.4 Å². The summed E-state index contributed by atoms with van der Waals surface area (Å²) >= 11 is 0. The van der Waals surface area contributed by atoms with Crippen LogP contribution in [0.2, 0.25) is 0 Å². The topological polar surface area (TPSA) is 72.3 Å². The van der Waals surface area contributed by atoms with Gasteiger partial charge in [0, 0.05) is 6.07 Å². The van der Waals surface area contributed by atoms with Crippen LogP contribution in [0.4, 0.5) is 0 Å². The van der Waals surface area contributed by atoms with Gasteiger partial charge in [-0.05, 0) is 6.42 Å². The van der Waals surface area contributed by atoms with Crippen LogP contribution in [0.5, 0.6) is 5.75 Å². The first-order valence-corrected chi connectivity index (χ1v) is 3.93. The highest BCUT2D eigenvalue weighted by Crippen LogP contribution is 2.13. The lowest BCUT2D eigenvalue weighted by molar-refractivity contribution is 0.0684. The van der Waals surface area contributed by atoms with Gasteiger partial charge in [0.05, 0.1) is 12.8 Å². The van der Waals surface area contributed by atoms with E-state index in [0.717, 1.165) is 6.42 Å². The van der Waals surface area contributed by atoms with Gasteiger partial charge in [-0.25, -0.2) is 4.79 Å². The van der Waals surface area contributed by atoms with E-state index < -0.39 is 5.97 Å². The van der Waals surface area contributed by atoms with E-state index in [1.165, 1.54) is 12.3 Å². The van der Waals surface area contributed by atoms with Crippen molar-refractivity contribution in [3.05, 3.63) is 18.0 Å². The van der Waals surface area contributed by atoms with Gasteiger partial charge < -0.3 is 9.84 Å². The van der Waals surface area contributed by atoms with Gasteiger partial charge in [0.1, 0.15) is 0 Å². The second-order valence-electron chi connectivity index (χ2n) is 2.40. The summed E-state index contributed by atoms with van der Waals surface area (Å²) in [6.07, 6.45) is 2.22. The smallest absolute Gasteiger partial charge is 0.360 e. The Bertz CT molecular complexity index is 301. The number of nitrogens with zero attached hydrogens (tertiary/aromatic N) is 2. The molecule has 1 aromatic rings. The standard InChI is InChI=1S/C8H10N2O3/c1-2-5-13-6-3-4-9-10-7(6)8(11)12/h3-4H,2,5H2,1H3,(H,11,12). The van der Waals surface area contributed by atoms with E-state index >= 15 is 0 Å². The molecule has 5 nitrogen and oxygen atoms in total. The molecular weight excluding hydrogens is 172 g/mol. The zero-order valence-electron chi connectivity index (χ0n) is 7.23. The lowest BCUT2D eigenvalue weighted by Gasteiger charge is -2.04. The molecule has 0 radical (unpaired) electrons. The van der Waals surface area contributed by atoms with Crippen LogP contribution in [-0.2, 0) is 0 Å². The predicted octanol–water partition coefficient (Wildman–Crippen LogP) is 0.964. The summed E-state index contributed by atoms with van der Waals surface area (Å²) in [5.74, 6) is -0.858. The molecule has 0 spiro atoms.